The molecular formula is C4H2Ge2. The summed E-state index contributed by atoms with van der Waals surface area (Å²) >= 11 is 0.894. The molecule has 2 aliphatic rings. The van der Waals surface area contributed by atoms with Gasteiger partial charge in [0.05, 0.1) is 0 Å². The zero-order chi connectivity index (χ0) is 3.98. The van der Waals surface area contributed by atoms with E-state index in [2.05, 4.69) is 9.82 Å². The maximum absolute atomic E-state index is 2.43. The first-order chi connectivity index (χ1) is 2.97. The van der Waals surface area contributed by atoms with E-state index >= 15 is 0 Å². The zero-order valence-electron chi connectivity index (χ0n) is 3.15. The van der Waals surface area contributed by atoms with Crippen LogP contribution >= 0.6 is 0 Å². The molecule has 6 heavy (non-hydrogen) atoms. The van der Waals surface area contributed by atoms with Crippen molar-refractivity contribution in [3.05, 3.63) is 18.6 Å². The van der Waals surface area contributed by atoms with Crippen LogP contribution in [0.25, 0.3) is 0 Å². The van der Waals surface area contributed by atoms with Crippen molar-refractivity contribution in [1.82, 2.24) is 0 Å². The number of hydrogen-bond donors (Lipinski definition) is 0. The molecule has 0 aliphatic carbocycles. The third-order valence-electron chi connectivity index (χ3n) is 0.868. The van der Waals surface area contributed by atoms with Crippen molar-refractivity contribution < 1.29 is 0 Å². The van der Waals surface area contributed by atoms with E-state index in [1.807, 2.05) is 0 Å². The molecule has 2 rings (SSSR count). The first-order valence-corrected chi connectivity index (χ1v) is 6.43. The van der Waals surface area contributed by atoms with E-state index in [1.165, 1.54) is 0 Å². The van der Waals surface area contributed by atoms with Gasteiger partial charge in [0, 0.05) is 0 Å². The minimum atomic E-state index is 0.447. The van der Waals surface area contributed by atoms with Crippen molar-refractivity contribution >= 4 is 30.9 Å². The summed E-state index contributed by atoms with van der Waals surface area (Å²) in [6.07, 6.45) is 0. The van der Waals surface area contributed by atoms with Crippen LogP contribution in [0.2, 0.25) is 0 Å². The SMILES string of the molecule is [CH]1=[C]([C]2=[CH][Ge]2)[Ge]1. The molecule has 0 fully saturated rings. The Hall–Kier alpha value is 0.566. The van der Waals surface area contributed by atoms with Gasteiger partial charge in [0.25, 0.3) is 0 Å². The molecule has 26 valence electrons. The summed E-state index contributed by atoms with van der Waals surface area (Å²) in [7, 11) is 0. The van der Waals surface area contributed by atoms with Crippen LogP contribution in [0, 0.1) is 0 Å². The molecule has 0 unspecified atom stereocenters. The summed E-state index contributed by atoms with van der Waals surface area (Å²) in [5.41, 5.74) is 0. The van der Waals surface area contributed by atoms with Crippen LogP contribution in [0.4, 0.5) is 0 Å². The molecule has 0 spiro atoms. The Morgan fingerprint density at radius 2 is 1.33 bits per heavy atom. The number of allylic oxidation sites excluding steroid dienone is 2. The van der Waals surface area contributed by atoms with Crippen molar-refractivity contribution in [3.8, 4) is 0 Å². The van der Waals surface area contributed by atoms with Gasteiger partial charge in [-0.05, 0) is 0 Å². The van der Waals surface area contributed by atoms with Crippen LogP contribution in [0.3, 0.4) is 0 Å². The van der Waals surface area contributed by atoms with E-state index in [1.54, 1.807) is 8.81 Å². The van der Waals surface area contributed by atoms with Gasteiger partial charge in [0.15, 0.2) is 0 Å². The molecule has 0 atom stereocenters. The number of rotatable bonds is 1. The van der Waals surface area contributed by atoms with Crippen molar-refractivity contribution in [1.29, 1.82) is 0 Å². The van der Waals surface area contributed by atoms with Gasteiger partial charge in [0.2, 0.25) is 0 Å². The van der Waals surface area contributed by atoms with Crippen molar-refractivity contribution in [2.45, 2.75) is 0 Å². The standard InChI is InChI=1S/C4H2Ge2/c1-3(5-1)4-2-6-4/h1-2H. The van der Waals surface area contributed by atoms with E-state index in [0.29, 0.717) is 30.9 Å². The summed E-state index contributed by atoms with van der Waals surface area (Å²) in [6, 6.07) is 0. The Kier molecular flexibility index (Phi) is 0.615. The summed E-state index contributed by atoms with van der Waals surface area (Å²) in [6.45, 7) is 0. The molecule has 0 nitrogen and oxygen atoms in total. The fourth-order valence-corrected chi connectivity index (χ4v) is 5.14. The van der Waals surface area contributed by atoms with Crippen molar-refractivity contribution in [2.24, 2.45) is 0 Å². The fourth-order valence-electron chi connectivity index (χ4n) is 0.383. The third kappa shape index (κ3) is 0.520. The van der Waals surface area contributed by atoms with Gasteiger partial charge in [-0.25, -0.2) is 0 Å². The zero-order valence-corrected chi connectivity index (χ0v) is 7.35. The van der Waals surface area contributed by atoms with Crippen LogP contribution in [-0.4, -0.2) is 30.9 Å². The molecule has 0 saturated carbocycles. The quantitative estimate of drug-likeness (QED) is 0.521. The summed E-state index contributed by atoms with van der Waals surface area (Å²) in [5.74, 6) is 0. The Bertz CT molecular complexity index is 126. The van der Waals surface area contributed by atoms with Crippen LogP contribution in [0.1, 0.15) is 0 Å². The average Bonchev–Trinajstić information content (AvgIpc) is 2.26. The van der Waals surface area contributed by atoms with Crippen molar-refractivity contribution in [2.75, 3.05) is 0 Å². The van der Waals surface area contributed by atoms with Gasteiger partial charge in [-0.1, -0.05) is 0 Å². The predicted octanol–water partition coefficient (Wildman–Crippen LogP) is 0.105. The van der Waals surface area contributed by atoms with Gasteiger partial charge < -0.3 is 0 Å². The van der Waals surface area contributed by atoms with Gasteiger partial charge in [-0.15, -0.1) is 0 Å². The molecule has 0 aromatic rings. The Labute approximate surface area is 49.6 Å². The molecule has 0 amide bonds. The summed E-state index contributed by atoms with van der Waals surface area (Å²) in [5, 5.41) is 0. The van der Waals surface area contributed by atoms with Crippen LogP contribution in [0.15, 0.2) is 18.6 Å². The monoisotopic (exact) mass is 198 g/mol. The molecule has 0 saturated heterocycles. The molecule has 2 heteroatoms. The Morgan fingerprint density at radius 1 is 1.00 bits per heavy atom. The van der Waals surface area contributed by atoms with E-state index in [9.17, 15) is 0 Å². The van der Waals surface area contributed by atoms with Gasteiger partial charge >= 0.3 is 49.5 Å². The topological polar surface area (TPSA) is 0 Å². The molecule has 0 N–H and O–H groups in total. The molecule has 0 aromatic carbocycles. The normalized spacial score (nSPS) is 25.3. The van der Waals surface area contributed by atoms with E-state index in [4.69, 9.17) is 0 Å². The molecule has 0 bridgehead atoms. The first kappa shape index (κ1) is 3.55. The van der Waals surface area contributed by atoms with E-state index < -0.39 is 0 Å². The molecular weight excluding hydrogens is 193 g/mol. The number of hydrogen-bond acceptors (Lipinski definition) is 0. The molecule has 4 radical (unpaired) electrons. The first-order valence-electron chi connectivity index (χ1n) is 1.90. The van der Waals surface area contributed by atoms with Crippen molar-refractivity contribution in [3.63, 3.8) is 0 Å². The summed E-state index contributed by atoms with van der Waals surface area (Å²) in [4.78, 5) is 4.87. The average molecular weight is 195 g/mol. The van der Waals surface area contributed by atoms with Gasteiger partial charge in [0.1, 0.15) is 0 Å². The van der Waals surface area contributed by atoms with E-state index in [0.717, 1.165) is 0 Å². The molecule has 2 heterocycles. The second-order valence-corrected chi connectivity index (χ2v) is 6.09. The van der Waals surface area contributed by atoms with Gasteiger partial charge in [-0.2, -0.15) is 0 Å². The Balaban J connectivity index is 2.26. The minimum absolute atomic E-state index is 0.447. The summed E-state index contributed by atoms with van der Waals surface area (Å²) < 4.78 is 3.57. The second-order valence-electron chi connectivity index (χ2n) is 1.40. The van der Waals surface area contributed by atoms with Gasteiger partial charge in [-0.3, -0.25) is 0 Å². The van der Waals surface area contributed by atoms with Crippen LogP contribution in [0.5, 0.6) is 0 Å². The maximum atomic E-state index is 2.43. The molecule has 2 aliphatic heterocycles. The van der Waals surface area contributed by atoms with E-state index in [-0.39, 0.29) is 0 Å². The Morgan fingerprint density at radius 3 is 1.50 bits per heavy atom. The second kappa shape index (κ2) is 1.04. The fraction of sp³-hybridized carbons (Fsp3) is 0. The van der Waals surface area contributed by atoms with Crippen LogP contribution < -0.4 is 0 Å². The molecule has 0 aromatic heterocycles. The predicted molar refractivity (Wildman–Crippen MR) is 27.7 cm³/mol. The third-order valence-corrected chi connectivity index (χ3v) is 5.52. The van der Waals surface area contributed by atoms with Crippen LogP contribution in [-0.2, 0) is 0 Å².